The van der Waals surface area contributed by atoms with Gasteiger partial charge in [0.25, 0.3) is 0 Å². The Kier molecular flexibility index (Phi) is 7.31. The van der Waals surface area contributed by atoms with Gasteiger partial charge in [-0.25, -0.2) is 0 Å². The van der Waals surface area contributed by atoms with E-state index in [1.54, 1.807) is 0 Å². The predicted molar refractivity (Wildman–Crippen MR) is 119 cm³/mol. The SMILES string of the molecule is CN=C(NCCCn1nc(C)cc1C)NCC1(c2ccccc2C)CCOCC1. The lowest BCUT2D eigenvalue weighted by atomic mass is 9.72. The molecule has 3 rings (SSSR count). The number of aromatic nitrogens is 2. The Morgan fingerprint density at radius 1 is 1.17 bits per heavy atom. The molecule has 0 atom stereocenters. The number of aryl methyl sites for hydroxylation is 4. The maximum absolute atomic E-state index is 5.67. The average Bonchev–Trinajstić information content (AvgIpc) is 3.05. The van der Waals surface area contributed by atoms with Crippen LogP contribution in [0.5, 0.6) is 0 Å². The minimum absolute atomic E-state index is 0.0882. The molecule has 0 spiro atoms. The standard InChI is InChI=1S/C23H35N5O/c1-18-8-5-6-9-21(18)23(10-14-29-15-11-23)17-26-22(24-4)25-12-7-13-28-20(3)16-19(2)27-28/h5-6,8-9,16H,7,10-15,17H2,1-4H3,(H2,24,25,26). The van der Waals surface area contributed by atoms with Crippen molar-refractivity contribution in [3.05, 3.63) is 52.8 Å². The van der Waals surface area contributed by atoms with Crippen LogP contribution < -0.4 is 10.6 Å². The second-order valence-corrected chi connectivity index (χ2v) is 8.06. The number of rotatable bonds is 7. The van der Waals surface area contributed by atoms with Gasteiger partial charge in [-0.3, -0.25) is 9.67 Å². The first-order valence-electron chi connectivity index (χ1n) is 10.6. The lowest BCUT2D eigenvalue weighted by Gasteiger charge is -2.39. The molecule has 0 aliphatic carbocycles. The molecule has 1 saturated heterocycles. The van der Waals surface area contributed by atoms with E-state index < -0.39 is 0 Å². The maximum Gasteiger partial charge on any atom is 0.191 e. The number of benzene rings is 1. The first-order valence-corrected chi connectivity index (χ1v) is 10.6. The van der Waals surface area contributed by atoms with Crippen LogP contribution in [0.4, 0.5) is 0 Å². The quantitative estimate of drug-likeness (QED) is 0.428. The molecule has 1 aromatic carbocycles. The number of aliphatic imine (C=N–C) groups is 1. The molecule has 0 saturated carbocycles. The highest BCUT2D eigenvalue weighted by atomic mass is 16.5. The lowest BCUT2D eigenvalue weighted by molar-refractivity contribution is 0.0512. The van der Waals surface area contributed by atoms with E-state index in [4.69, 9.17) is 4.74 Å². The summed E-state index contributed by atoms with van der Waals surface area (Å²) in [7, 11) is 1.83. The van der Waals surface area contributed by atoms with Gasteiger partial charge in [0, 0.05) is 51.0 Å². The molecule has 1 aromatic heterocycles. The van der Waals surface area contributed by atoms with E-state index in [1.807, 2.05) is 14.0 Å². The molecule has 6 heteroatoms. The first kappa shape index (κ1) is 21.4. The fourth-order valence-corrected chi connectivity index (χ4v) is 4.28. The van der Waals surface area contributed by atoms with Crippen LogP contribution in [0.25, 0.3) is 0 Å². The third-order valence-corrected chi connectivity index (χ3v) is 5.93. The van der Waals surface area contributed by atoms with Gasteiger partial charge in [0.2, 0.25) is 0 Å². The summed E-state index contributed by atoms with van der Waals surface area (Å²) in [4.78, 5) is 4.43. The highest BCUT2D eigenvalue weighted by molar-refractivity contribution is 5.79. The van der Waals surface area contributed by atoms with Crippen LogP contribution in [-0.2, 0) is 16.7 Å². The Balaban J connectivity index is 1.55. The van der Waals surface area contributed by atoms with E-state index in [2.05, 4.69) is 69.6 Å². The zero-order chi connectivity index (χ0) is 20.7. The summed E-state index contributed by atoms with van der Waals surface area (Å²) in [6, 6.07) is 10.9. The van der Waals surface area contributed by atoms with Gasteiger partial charge in [-0.05, 0) is 57.2 Å². The highest BCUT2D eigenvalue weighted by Crippen LogP contribution is 2.36. The first-order chi connectivity index (χ1) is 14.0. The number of nitrogens with zero attached hydrogens (tertiary/aromatic N) is 3. The third kappa shape index (κ3) is 5.38. The smallest absolute Gasteiger partial charge is 0.191 e. The number of guanidine groups is 1. The van der Waals surface area contributed by atoms with Crippen LogP contribution in [0.2, 0.25) is 0 Å². The molecule has 2 heterocycles. The van der Waals surface area contributed by atoms with Crippen LogP contribution in [0.15, 0.2) is 35.3 Å². The molecule has 0 unspecified atom stereocenters. The van der Waals surface area contributed by atoms with Crippen molar-refractivity contribution in [2.45, 2.75) is 52.0 Å². The van der Waals surface area contributed by atoms with Crippen molar-refractivity contribution < 1.29 is 4.74 Å². The summed E-state index contributed by atoms with van der Waals surface area (Å²) in [6.45, 7) is 10.6. The zero-order valence-electron chi connectivity index (χ0n) is 18.3. The van der Waals surface area contributed by atoms with E-state index in [-0.39, 0.29) is 5.41 Å². The van der Waals surface area contributed by atoms with Crippen molar-refractivity contribution in [3.8, 4) is 0 Å². The minimum atomic E-state index is 0.0882. The fourth-order valence-electron chi connectivity index (χ4n) is 4.28. The van der Waals surface area contributed by atoms with Crippen molar-refractivity contribution in [1.82, 2.24) is 20.4 Å². The molecule has 2 N–H and O–H groups in total. The maximum atomic E-state index is 5.67. The Hall–Kier alpha value is -2.34. The fraction of sp³-hybridized carbons (Fsp3) is 0.565. The Bertz CT molecular complexity index is 820. The Morgan fingerprint density at radius 2 is 1.93 bits per heavy atom. The lowest BCUT2D eigenvalue weighted by Crippen LogP contribution is -2.48. The van der Waals surface area contributed by atoms with E-state index >= 15 is 0 Å². The van der Waals surface area contributed by atoms with E-state index in [0.29, 0.717) is 0 Å². The number of nitrogens with one attached hydrogen (secondary N) is 2. The largest absolute Gasteiger partial charge is 0.381 e. The topological polar surface area (TPSA) is 63.5 Å². The highest BCUT2D eigenvalue weighted by Gasteiger charge is 2.35. The summed E-state index contributed by atoms with van der Waals surface area (Å²) >= 11 is 0. The zero-order valence-corrected chi connectivity index (χ0v) is 18.3. The molecular formula is C23H35N5O. The monoisotopic (exact) mass is 397 g/mol. The normalized spacial score (nSPS) is 16.6. The Morgan fingerprint density at radius 3 is 2.59 bits per heavy atom. The van der Waals surface area contributed by atoms with Gasteiger partial charge in [-0.15, -0.1) is 0 Å². The van der Waals surface area contributed by atoms with Gasteiger partial charge in [-0.1, -0.05) is 24.3 Å². The Labute approximate surface area is 174 Å². The van der Waals surface area contributed by atoms with Crippen LogP contribution in [0, 0.1) is 20.8 Å². The molecule has 29 heavy (non-hydrogen) atoms. The van der Waals surface area contributed by atoms with Crippen molar-refractivity contribution in [2.75, 3.05) is 33.4 Å². The summed E-state index contributed by atoms with van der Waals surface area (Å²) < 4.78 is 7.74. The molecule has 1 fully saturated rings. The molecule has 1 aliphatic rings. The van der Waals surface area contributed by atoms with Gasteiger partial charge in [0.15, 0.2) is 5.96 Å². The summed E-state index contributed by atoms with van der Waals surface area (Å²) in [5.74, 6) is 0.859. The molecule has 0 bridgehead atoms. The van der Waals surface area contributed by atoms with E-state index in [1.165, 1.54) is 16.8 Å². The second kappa shape index (κ2) is 9.92. The second-order valence-electron chi connectivity index (χ2n) is 8.06. The molecule has 1 aliphatic heterocycles. The van der Waals surface area contributed by atoms with Crippen molar-refractivity contribution >= 4 is 5.96 Å². The van der Waals surface area contributed by atoms with Gasteiger partial charge >= 0.3 is 0 Å². The van der Waals surface area contributed by atoms with Crippen molar-refractivity contribution in [2.24, 2.45) is 4.99 Å². The predicted octanol–water partition coefficient (Wildman–Crippen LogP) is 3.11. The van der Waals surface area contributed by atoms with E-state index in [0.717, 1.165) is 63.8 Å². The van der Waals surface area contributed by atoms with Crippen LogP contribution in [0.3, 0.4) is 0 Å². The minimum Gasteiger partial charge on any atom is -0.381 e. The number of ether oxygens (including phenoxy) is 1. The number of hydrogen-bond acceptors (Lipinski definition) is 3. The summed E-state index contributed by atoms with van der Waals surface area (Å²) in [5, 5.41) is 11.6. The number of hydrogen-bond donors (Lipinski definition) is 2. The molecule has 0 amide bonds. The van der Waals surface area contributed by atoms with Gasteiger partial charge in [-0.2, -0.15) is 5.10 Å². The van der Waals surface area contributed by atoms with Gasteiger partial charge in [0.05, 0.1) is 5.69 Å². The summed E-state index contributed by atoms with van der Waals surface area (Å²) in [5.41, 5.74) is 5.15. The van der Waals surface area contributed by atoms with Gasteiger partial charge in [0.1, 0.15) is 0 Å². The van der Waals surface area contributed by atoms with Gasteiger partial charge < -0.3 is 15.4 Å². The van der Waals surface area contributed by atoms with Crippen LogP contribution >= 0.6 is 0 Å². The molecular weight excluding hydrogens is 362 g/mol. The molecule has 2 aromatic rings. The molecule has 158 valence electrons. The molecule has 0 radical (unpaired) electrons. The molecule has 6 nitrogen and oxygen atoms in total. The van der Waals surface area contributed by atoms with E-state index in [9.17, 15) is 0 Å². The van der Waals surface area contributed by atoms with Crippen LogP contribution in [-0.4, -0.2) is 49.1 Å². The van der Waals surface area contributed by atoms with Crippen LogP contribution in [0.1, 0.15) is 41.8 Å². The third-order valence-electron chi connectivity index (χ3n) is 5.93. The van der Waals surface area contributed by atoms with Crippen molar-refractivity contribution in [1.29, 1.82) is 0 Å². The summed E-state index contributed by atoms with van der Waals surface area (Å²) in [6.07, 6.45) is 3.05. The average molecular weight is 398 g/mol. The van der Waals surface area contributed by atoms with Crippen molar-refractivity contribution in [3.63, 3.8) is 0 Å².